The fourth-order valence-electron chi connectivity index (χ4n) is 0.692. The third-order valence-electron chi connectivity index (χ3n) is 1.31. The van der Waals surface area contributed by atoms with E-state index in [9.17, 15) is 9.59 Å². The van der Waals surface area contributed by atoms with Crippen molar-refractivity contribution < 1.29 is 19.5 Å². The molecule has 18 heavy (non-hydrogen) atoms. The molecule has 0 atom stereocenters. The van der Waals surface area contributed by atoms with Crippen LogP contribution in [0.1, 0.15) is 20.3 Å². The average Bonchev–Trinajstić information content (AvgIpc) is 2.59. The van der Waals surface area contributed by atoms with E-state index >= 15 is 0 Å². The van der Waals surface area contributed by atoms with E-state index in [4.69, 9.17) is 9.90 Å². The zero-order valence-corrected chi connectivity index (χ0v) is 11.2. The molecule has 0 aromatic rings. The molecule has 0 radical (unpaired) electrons. The van der Waals surface area contributed by atoms with Gasteiger partial charge in [-0.1, -0.05) is 6.92 Å². The second kappa shape index (κ2) is 11.7. The predicted molar refractivity (Wildman–Crippen MR) is 67.6 cm³/mol. The lowest BCUT2D eigenvalue weighted by molar-refractivity contribution is -0.134. The van der Waals surface area contributed by atoms with Crippen LogP contribution in [0.2, 0.25) is 0 Å². The number of carboxylic acid groups (broad SMARTS) is 1. The van der Waals surface area contributed by atoms with Crippen molar-refractivity contribution in [2.45, 2.75) is 20.3 Å². The first-order chi connectivity index (χ1) is 8.29. The molecule has 1 aliphatic rings. The molecular formula is C11H21N3O4. The zero-order valence-electron chi connectivity index (χ0n) is 11.2. The number of carboxylic acids is 1. The van der Waals surface area contributed by atoms with Crippen molar-refractivity contribution in [3.8, 4) is 0 Å². The molecule has 0 fully saturated rings. The molecule has 1 rings (SSSR count). The van der Waals surface area contributed by atoms with Crippen molar-refractivity contribution in [3.63, 3.8) is 0 Å². The highest BCUT2D eigenvalue weighted by atomic mass is 16.4. The molecule has 1 aliphatic heterocycles. The van der Waals surface area contributed by atoms with Crippen molar-refractivity contribution in [1.82, 2.24) is 15.8 Å². The number of nitrogens with one attached hydrogen (secondary N) is 2. The second-order valence-corrected chi connectivity index (χ2v) is 3.51. The minimum atomic E-state index is -0.833. The molecule has 104 valence electrons. The van der Waals surface area contributed by atoms with Crippen LogP contribution in [-0.2, 0) is 14.4 Å². The highest BCUT2D eigenvalue weighted by Crippen LogP contribution is 1.82. The number of hydrogen-bond donors (Lipinski definition) is 3. The minimum absolute atomic E-state index is 0.329. The normalized spacial score (nSPS) is 12.3. The summed E-state index contributed by atoms with van der Waals surface area (Å²) >= 11 is 0. The first-order valence-electron chi connectivity index (χ1n) is 5.43. The van der Waals surface area contributed by atoms with E-state index < -0.39 is 5.97 Å². The fraction of sp³-hybridized carbons (Fsp3) is 0.545. The van der Waals surface area contributed by atoms with E-state index in [1.54, 1.807) is 0 Å². The number of hydrogen-bond acceptors (Lipinski definition) is 5. The molecule has 0 saturated heterocycles. The van der Waals surface area contributed by atoms with E-state index in [1.807, 2.05) is 24.4 Å². The van der Waals surface area contributed by atoms with Gasteiger partial charge in [0.2, 0.25) is 0 Å². The number of aliphatic carboxylic acids is 1. The number of nitrogens with zero attached hydrogens (tertiary/aromatic N) is 1. The average molecular weight is 259 g/mol. The Labute approximate surface area is 107 Å². The lowest BCUT2D eigenvalue weighted by Crippen LogP contribution is -2.30. The summed E-state index contributed by atoms with van der Waals surface area (Å²) in [6, 6.07) is 0. The highest BCUT2D eigenvalue weighted by Gasteiger charge is 2.06. The maximum absolute atomic E-state index is 10.0. The van der Waals surface area contributed by atoms with Gasteiger partial charge in [0.05, 0.1) is 0 Å². The summed E-state index contributed by atoms with van der Waals surface area (Å²) in [7, 11) is 3.99. The van der Waals surface area contributed by atoms with Crippen LogP contribution in [0.5, 0.6) is 0 Å². The van der Waals surface area contributed by atoms with Crippen LogP contribution in [-0.4, -0.2) is 48.5 Å². The van der Waals surface area contributed by atoms with Crippen LogP contribution in [0.25, 0.3) is 0 Å². The summed E-state index contributed by atoms with van der Waals surface area (Å²) < 4.78 is 0. The number of rotatable bonds is 3. The molecule has 1 heterocycles. The molecule has 0 saturated carbocycles. The Balaban J connectivity index is 0. The van der Waals surface area contributed by atoms with Gasteiger partial charge in [-0.2, -0.15) is 0 Å². The predicted octanol–water partition coefficient (Wildman–Crippen LogP) is -0.247. The van der Waals surface area contributed by atoms with Crippen LogP contribution < -0.4 is 10.7 Å². The van der Waals surface area contributed by atoms with Gasteiger partial charge >= 0.3 is 0 Å². The van der Waals surface area contributed by atoms with Gasteiger partial charge in [0.25, 0.3) is 17.8 Å². The molecule has 7 heteroatoms. The second-order valence-electron chi connectivity index (χ2n) is 3.51. The lowest BCUT2D eigenvalue weighted by Gasteiger charge is -2.08. The van der Waals surface area contributed by atoms with Gasteiger partial charge in [-0.05, 0) is 6.42 Å². The topological polar surface area (TPSA) is 98.7 Å². The van der Waals surface area contributed by atoms with E-state index in [0.29, 0.717) is 0 Å². The maximum atomic E-state index is 10.0. The van der Waals surface area contributed by atoms with E-state index in [2.05, 4.69) is 12.3 Å². The van der Waals surface area contributed by atoms with Gasteiger partial charge in [0, 0.05) is 39.7 Å². The Morgan fingerprint density at radius 1 is 1.33 bits per heavy atom. The molecule has 0 aliphatic carbocycles. The largest absolute Gasteiger partial charge is 0.481 e. The fourth-order valence-corrected chi connectivity index (χ4v) is 0.692. The number of imide groups is 1. The van der Waals surface area contributed by atoms with Crippen LogP contribution in [0.4, 0.5) is 0 Å². The lowest BCUT2D eigenvalue weighted by atomic mass is 10.5. The van der Waals surface area contributed by atoms with Gasteiger partial charge in [-0.15, -0.1) is 0 Å². The van der Waals surface area contributed by atoms with Gasteiger partial charge in [0.15, 0.2) is 0 Å². The van der Waals surface area contributed by atoms with Crippen LogP contribution in [0.15, 0.2) is 12.2 Å². The first-order valence-corrected chi connectivity index (χ1v) is 5.43. The summed E-state index contributed by atoms with van der Waals surface area (Å²) in [5.41, 5.74) is 3.13. The Morgan fingerprint density at radius 3 is 1.83 bits per heavy atom. The minimum Gasteiger partial charge on any atom is -0.481 e. The maximum Gasteiger partial charge on any atom is 0.300 e. The van der Waals surface area contributed by atoms with Crippen LogP contribution in [0, 0.1) is 0 Å². The third kappa shape index (κ3) is 19.8. The van der Waals surface area contributed by atoms with Crippen molar-refractivity contribution in [2.75, 3.05) is 20.6 Å². The first kappa shape index (κ1) is 18.6. The Hall–Kier alpha value is -1.73. The Bertz CT molecular complexity index is 281. The molecule has 0 bridgehead atoms. The molecule has 7 nitrogen and oxygen atoms in total. The Morgan fingerprint density at radius 2 is 1.72 bits per heavy atom. The van der Waals surface area contributed by atoms with E-state index in [0.717, 1.165) is 13.5 Å². The summed E-state index contributed by atoms with van der Waals surface area (Å²) in [4.78, 5) is 29.1. The SMILES string of the molecule is CC(=O)O.CCCNN(C)C.O=C1C=CC(=O)N1. The Kier molecular flexibility index (Phi) is 12.2. The smallest absolute Gasteiger partial charge is 0.300 e. The van der Waals surface area contributed by atoms with Gasteiger partial charge < -0.3 is 5.11 Å². The van der Waals surface area contributed by atoms with Crippen molar-refractivity contribution in [2.24, 2.45) is 0 Å². The molecule has 2 amide bonds. The molecule has 0 aromatic carbocycles. The van der Waals surface area contributed by atoms with Gasteiger partial charge in [-0.3, -0.25) is 30.1 Å². The monoisotopic (exact) mass is 259 g/mol. The molecule has 0 spiro atoms. The van der Waals surface area contributed by atoms with Gasteiger partial charge in [0.1, 0.15) is 0 Å². The number of carbonyl (C=O) groups is 3. The number of carbonyl (C=O) groups excluding carboxylic acids is 2. The summed E-state index contributed by atoms with van der Waals surface area (Å²) in [6.45, 7) is 4.31. The highest BCUT2D eigenvalue weighted by molar-refractivity contribution is 6.12. The van der Waals surface area contributed by atoms with Crippen molar-refractivity contribution >= 4 is 17.8 Å². The zero-order chi connectivity index (χ0) is 14.6. The summed E-state index contributed by atoms with van der Waals surface area (Å²) in [5, 5.41) is 11.4. The van der Waals surface area contributed by atoms with Crippen LogP contribution in [0.3, 0.4) is 0 Å². The van der Waals surface area contributed by atoms with E-state index in [-0.39, 0.29) is 11.8 Å². The summed E-state index contributed by atoms with van der Waals surface area (Å²) in [6.07, 6.45) is 3.59. The van der Waals surface area contributed by atoms with E-state index in [1.165, 1.54) is 18.6 Å². The quantitative estimate of drug-likeness (QED) is 0.477. The summed E-state index contributed by atoms with van der Waals surface area (Å²) in [5.74, 6) is -1.49. The van der Waals surface area contributed by atoms with Crippen LogP contribution >= 0.6 is 0 Å². The van der Waals surface area contributed by atoms with Gasteiger partial charge in [-0.25, -0.2) is 0 Å². The molecule has 0 aromatic heterocycles. The molecular weight excluding hydrogens is 238 g/mol. The third-order valence-corrected chi connectivity index (χ3v) is 1.31. The van der Waals surface area contributed by atoms with Crippen molar-refractivity contribution in [3.05, 3.63) is 12.2 Å². The molecule has 0 unspecified atom stereocenters. The molecule has 3 N–H and O–H groups in total. The number of amides is 2. The van der Waals surface area contributed by atoms with Crippen molar-refractivity contribution in [1.29, 1.82) is 0 Å². The standard InChI is InChI=1S/C5H14N2.C4H3NO2.C2H4O2/c1-4-5-6-7(2)3;6-3-1-2-4(7)5-3;1-2(3)4/h6H,4-5H2,1-3H3;1-2H,(H,5,6,7);1H3,(H,3,4). The number of hydrazine groups is 1.